The number of alkyl halides is 1. The highest BCUT2D eigenvalue weighted by Gasteiger charge is 2.47. The molecule has 3 N–H and O–H groups in total. The molecule has 1 amide bonds. The minimum absolute atomic E-state index is 0.0339. The van der Waals surface area contributed by atoms with E-state index in [1.165, 1.54) is 36.4 Å². The van der Waals surface area contributed by atoms with Crippen LogP contribution in [-0.2, 0) is 10.3 Å². The lowest BCUT2D eigenvalue weighted by Gasteiger charge is -2.44. The quantitative estimate of drug-likeness (QED) is 0.529. The van der Waals surface area contributed by atoms with Crippen LogP contribution in [0.25, 0.3) is 0 Å². The van der Waals surface area contributed by atoms with Crippen LogP contribution in [0, 0.1) is 17.2 Å². The Morgan fingerprint density at radius 1 is 1.31 bits per heavy atom. The first-order valence-corrected chi connectivity index (χ1v) is 12.4. The molecule has 1 aliphatic heterocycles. The number of piperidine rings is 1. The van der Waals surface area contributed by atoms with Gasteiger partial charge in [-0.1, -0.05) is 30.3 Å². The Morgan fingerprint density at radius 2 is 2.06 bits per heavy atom. The molecule has 4 rings (SSSR count). The van der Waals surface area contributed by atoms with Gasteiger partial charge in [-0.2, -0.15) is 10.4 Å². The molecular weight excluding hydrogens is 447 g/mol. The molecule has 9 heteroatoms. The van der Waals surface area contributed by atoms with Crippen LogP contribution < -0.4 is 11.1 Å². The number of rotatable bonds is 9. The number of amides is 1. The number of nitriles is 1. The van der Waals surface area contributed by atoms with Gasteiger partial charge in [0.05, 0.1) is 12.5 Å². The number of primary amides is 1. The van der Waals surface area contributed by atoms with Crippen molar-refractivity contribution in [3.05, 3.63) is 47.7 Å². The Hall–Kier alpha value is -2.96. The van der Waals surface area contributed by atoms with Gasteiger partial charge in [-0.05, 0) is 49.5 Å². The Kier molecular flexibility index (Phi) is 8.04. The van der Waals surface area contributed by atoms with Gasteiger partial charge in [0.15, 0.2) is 5.82 Å². The summed E-state index contributed by atoms with van der Waals surface area (Å²) >= 11 is 0. The first-order chi connectivity index (χ1) is 17.0. The fourth-order valence-corrected chi connectivity index (χ4v) is 5.66. The number of carbonyl (C=O) groups excluding carboxylic acids is 1. The van der Waals surface area contributed by atoms with E-state index in [2.05, 4.69) is 51.7 Å². The fourth-order valence-electron chi connectivity index (χ4n) is 5.66. The zero-order valence-corrected chi connectivity index (χ0v) is 20.3. The summed E-state index contributed by atoms with van der Waals surface area (Å²) in [5.74, 6) is 0.746. The van der Waals surface area contributed by atoms with Crippen LogP contribution in [0.15, 0.2) is 36.5 Å². The smallest absolute Gasteiger partial charge is 0.254 e. The van der Waals surface area contributed by atoms with E-state index in [1.54, 1.807) is 0 Å². The molecule has 2 fully saturated rings. The average molecular weight is 483 g/mol. The third-order valence-electron chi connectivity index (χ3n) is 7.70. The second-order valence-corrected chi connectivity index (χ2v) is 9.85. The van der Waals surface area contributed by atoms with E-state index in [1.807, 2.05) is 0 Å². The average Bonchev–Trinajstić information content (AvgIpc) is 3.31. The summed E-state index contributed by atoms with van der Waals surface area (Å²) in [5.41, 5.74) is 5.96. The highest BCUT2D eigenvalue weighted by Crippen LogP contribution is 2.39. The highest BCUT2D eigenvalue weighted by molar-refractivity contribution is 5.97. The Balaban J connectivity index is 1.41. The third kappa shape index (κ3) is 5.49. The van der Waals surface area contributed by atoms with Gasteiger partial charge in [-0.25, -0.2) is 4.39 Å². The number of nitrogens with two attached hydrogens (primary N) is 1. The summed E-state index contributed by atoms with van der Waals surface area (Å²) in [7, 11) is 1.51. The molecular formula is C26H35FN6O2. The second-order valence-electron chi connectivity index (χ2n) is 9.85. The summed E-state index contributed by atoms with van der Waals surface area (Å²) in [6.45, 7) is 1.92. The molecule has 1 saturated carbocycles. The topological polar surface area (TPSA) is 109 Å². The van der Waals surface area contributed by atoms with Crippen LogP contribution in [0.2, 0.25) is 0 Å². The normalized spacial score (nSPS) is 27.3. The summed E-state index contributed by atoms with van der Waals surface area (Å²) in [4.78, 5) is 14.1. The number of aromatic nitrogens is 2. The highest BCUT2D eigenvalue weighted by atomic mass is 19.1. The van der Waals surface area contributed by atoms with E-state index in [0.717, 1.165) is 19.4 Å². The Bertz CT molecular complexity index is 1030. The number of carbonyl (C=O) groups is 1. The monoisotopic (exact) mass is 482 g/mol. The van der Waals surface area contributed by atoms with Crippen LogP contribution in [0.4, 0.5) is 10.2 Å². The SMILES string of the molecule is COCNc1nn(C2(CC#N)CCN(CC3CCC(c4ccccc4)CC3)CC2F)cc1C(N)=O. The van der Waals surface area contributed by atoms with E-state index in [-0.39, 0.29) is 31.1 Å². The molecule has 188 valence electrons. The molecule has 0 spiro atoms. The molecule has 2 aliphatic rings. The molecule has 1 aromatic carbocycles. The Labute approximate surface area is 206 Å². The number of benzene rings is 1. The van der Waals surface area contributed by atoms with Crippen molar-refractivity contribution in [1.29, 1.82) is 5.26 Å². The van der Waals surface area contributed by atoms with Crippen LogP contribution in [0.5, 0.6) is 0 Å². The maximum atomic E-state index is 15.8. The van der Waals surface area contributed by atoms with Gasteiger partial charge >= 0.3 is 0 Å². The number of nitrogens with one attached hydrogen (secondary N) is 1. The number of nitrogens with zero attached hydrogens (tertiary/aromatic N) is 4. The molecule has 2 unspecified atom stereocenters. The predicted molar refractivity (Wildman–Crippen MR) is 132 cm³/mol. The van der Waals surface area contributed by atoms with Gasteiger partial charge in [-0.3, -0.25) is 14.4 Å². The lowest BCUT2D eigenvalue weighted by atomic mass is 9.78. The van der Waals surface area contributed by atoms with E-state index in [0.29, 0.717) is 24.8 Å². The summed E-state index contributed by atoms with van der Waals surface area (Å²) in [6, 6.07) is 12.8. The molecule has 1 aliphatic carbocycles. The minimum Gasteiger partial charge on any atom is -0.365 e. The molecule has 1 aromatic heterocycles. The second kappa shape index (κ2) is 11.2. The number of methoxy groups -OCH3 is 1. The number of likely N-dealkylation sites (tertiary alicyclic amines) is 1. The van der Waals surface area contributed by atoms with Crippen LogP contribution in [-0.4, -0.2) is 60.2 Å². The van der Waals surface area contributed by atoms with Gasteiger partial charge in [-0.15, -0.1) is 0 Å². The number of anilines is 1. The molecule has 1 saturated heterocycles. The van der Waals surface area contributed by atoms with Gasteiger partial charge in [0.1, 0.15) is 24.0 Å². The summed E-state index contributed by atoms with van der Waals surface area (Å²) in [5, 5.41) is 16.8. The van der Waals surface area contributed by atoms with Crippen molar-refractivity contribution in [3.8, 4) is 6.07 Å². The molecule has 8 nitrogen and oxygen atoms in total. The van der Waals surface area contributed by atoms with E-state index < -0.39 is 17.6 Å². The van der Waals surface area contributed by atoms with Gasteiger partial charge in [0, 0.05) is 32.9 Å². The minimum atomic E-state index is -1.30. The van der Waals surface area contributed by atoms with Crippen molar-refractivity contribution in [2.24, 2.45) is 11.7 Å². The number of halogens is 1. The molecule has 2 aromatic rings. The van der Waals surface area contributed by atoms with Crippen LogP contribution >= 0.6 is 0 Å². The molecule has 35 heavy (non-hydrogen) atoms. The lowest BCUT2D eigenvalue weighted by Crippen LogP contribution is -2.55. The number of ether oxygens (including phenoxy) is 1. The van der Waals surface area contributed by atoms with Crippen molar-refractivity contribution in [1.82, 2.24) is 14.7 Å². The van der Waals surface area contributed by atoms with Crippen LogP contribution in [0.3, 0.4) is 0 Å². The van der Waals surface area contributed by atoms with E-state index in [9.17, 15) is 10.1 Å². The van der Waals surface area contributed by atoms with Crippen molar-refractivity contribution in [3.63, 3.8) is 0 Å². The van der Waals surface area contributed by atoms with E-state index in [4.69, 9.17) is 10.5 Å². The van der Waals surface area contributed by atoms with Crippen LogP contribution in [0.1, 0.15) is 60.4 Å². The van der Waals surface area contributed by atoms with E-state index >= 15 is 4.39 Å². The molecule has 0 radical (unpaired) electrons. The lowest BCUT2D eigenvalue weighted by molar-refractivity contribution is 0.00217. The van der Waals surface area contributed by atoms with Gasteiger partial charge in [0.25, 0.3) is 5.91 Å². The predicted octanol–water partition coefficient (Wildman–Crippen LogP) is 3.62. The third-order valence-corrected chi connectivity index (χ3v) is 7.70. The van der Waals surface area contributed by atoms with Crippen molar-refractivity contribution < 1.29 is 13.9 Å². The molecule has 0 bridgehead atoms. The summed E-state index contributed by atoms with van der Waals surface area (Å²) < 4.78 is 22.3. The maximum Gasteiger partial charge on any atom is 0.254 e. The van der Waals surface area contributed by atoms with Crippen molar-refractivity contribution in [2.45, 2.75) is 56.2 Å². The zero-order chi connectivity index (χ0) is 24.8. The van der Waals surface area contributed by atoms with Gasteiger partial charge in [0.2, 0.25) is 0 Å². The van der Waals surface area contributed by atoms with Crippen molar-refractivity contribution >= 4 is 11.7 Å². The maximum absolute atomic E-state index is 15.8. The van der Waals surface area contributed by atoms with Gasteiger partial charge < -0.3 is 15.8 Å². The molecule has 2 heterocycles. The number of hydrogen-bond acceptors (Lipinski definition) is 6. The Morgan fingerprint density at radius 3 is 2.69 bits per heavy atom. The standard InChI is InChI=1S/C26H35FN6O2/c1-35-18-30-25-22(24(29)34)16-33(31-25)26(11-13-28)12-14-32(17-23(26)27)15-19-7-9-21(10-8-19)20-5-3-2-4-6-20/h2-6,16,19,21,23H,7-12,14-15,17-18H2,1H3,(H2,29,34)(H,30,31). The summed E-state index contributed by atoms with van der Waals surface area (Å²) in [6.07, 6.45) is 5.19. The molecule has 2 atom stereocenters. The van der Waals surface area contributed by atoms with Crippen molar-refractivity contribution in [2.75, 3.05) is 38.8 Å². The fraction of sp³-hybridized carbons (Fsp3) is 0.577. The largest absolute Gasteiger partial charge is 0.365 e. The first-order valence-electron chi connectivity index (χ1n) is 12.4. The first kappa shape index (κ1) is 25.1. The zero-order valence-electron chi connectivity index (χ0n) is 20.3. The number of hydrogen-bond donors (Lipinski definition) is 2.